The molecule has 0 atom stereocenters. The summed E-state index contributed by atoms with van der Waals surface area (Å²) in [6, 6.07) is 59.3. The number of rotatable bonds is 4. The van der Waals surface area contributed by atoms with Gasteiger partial charge < -0.3 is 13.7 Å². The van der Waals surface area contributed by atoms with Crippen molar-refractivity contribution in [3.8, 4) is 28.2 Å². The fourth-order valence-electron chi connectivity index (χ4n) is 7.56. The van der Waals surface area contributed by atoms with E-state index >= 15 is 0 Å². The van der Waals surface area contributed by atoms with Gasteiger partial charge in [-0.2, -0.15) is 0 Å². The molecule has 0 aliphatic heterocycles. The van der Waals surface area contributed by atoms with Gasteiger partial charge in [0.15, 0.2) is 0 Å². The van der Waals surface area contributed by atoms with Crippen LogP contribution in [0.1, 0.15) is 0 Å². The van der Waals surface area contributed by atoms with E-state index in [0.29, 0.717) is 0 Å². The van der Waals surface area contributed by atoms with Gasteiger partial charge in [0.2, 0.25) is 0 Å². The second-order valence-electron chi connectivity index (χ2n) is 11.8. The van der Waals surface area contributed by atoms with E-state index in [1.807, 2.05) is 0 Å². The third kappa shape index (κ3) is 3.41. The molecule has 0 spiro atoms. The molecule has 0 fully saturated rings. The molecule has 3 heterocycles. The molecule has 10 aromatic rings. The minimum atomic E-state index is 1.16. The normalized spacial score (nSPS) is 12.0. The van der Waals surface area contributed by atoms with E-state index in [2.05, 4.69) is 177 Å². The van der Waals surface area contributed by atoms with Crippen molar-refractivity contribution in [3.63, 3.8) is 0 Å². The molecule has 3 heteroatoms. The summed E-state index contributed by atoms with van der Waals surface area (Å²) >= 11 is 0. The molecule has 0 saturated heterocycles. The second-order valence-corrected chi connectivity index (χ2v) is 11.8. The maximum atomic E-state index is 2.43. The van der Waals surface area contributed by atoms with Crippen LogP contribution in [0.15, 0.2) is 164 Å². The zero-order valence-corrected chi connectivity index (χ0v) is 24.4. The van der Waals surface area contributed by atoms with E-state index in [1.165, 1.54) is 71.5 Å². The van der Waals surface area contributed by atoms with Gasteiger partial charge in [0, 0.05) is 38.6 Å². The van der Waals surface area contributed by atoms with E-state index in [9.17, 15) is 0 Å². The maximum Gasteiger partial charge on any atom is 0.0563 e. The van der Waals surface area contributed by atoms with Crippen LogP contribution in [-0.2, 0) is 0 Å². The summed E-state index contributed by atoms with van der Waals surface area (Å²) in [5.74, 6) is 0. The number of hydrogen-bond donors (Lipinski definition) is 0. The van der Waals surface area contributed by atoms with Crippen molar-refractivity contribution in [2.24, 2.45) is 0 Å². The molecule has 0 aliphatic carbocycles. The van der Waals surface area contributed by atoms with Crippen LogP contribution in [0.4, 0.5) is 0 Å². The Morgan fingerprint density at radius 1 is 0.267 bits per heavy atom. The summed E-state index contributed by atoms with van der Waals surface area (Å²) in [6.07, 6.45) is 0. The first kappa shape index (κ1) is 24.4. The number of nitrogens with zero attached hydrogens (tertiary/aromatic N) is 3. The van der Waals surface area contributed by atoms with Crippen molar-refractivity contribution >= 4 is 54.6 Å². The SMILES string of the molecule is c1ccc(-n2c3cccc4c3c3c2cccc3n4-c2cccc(-c3cccc(-n4c5ccccc5c5ccccc54)c3)c2)cc1. The molecule has 0 amide bonds. The predicted molar refractivity (Wildman–Crippen MR) is 189 cm³/mol. The van der Waals surface area contributed by atoms with Crippen LogP contribution in [0.5, 0.6) is 0 Å². The largest absolute Gasteiger partial charge is 0.309 e. The van der Waals surface area contributed by atoms with E-state index in [0.717, 1.165) is 11.4 Å². The summed E-state index contributed by atoms with van der Waals surface area (Å²) in [5.41, 5.74) is 13.3. The molecule has 0 unspecified atom stereocenters. The molecule has 0 radical (unpaired) electrons. The van der Waals surface area contributed by atoms with Crippen molar-refractivity contribution in [1.29, 1.82) is 0 Å². The Balaban J connectivity index is 1.16. The predicted octanol–water partition coefficient (Wildman–Crippen LogP) is 10.9. The third-order valence-electron chi connectivity index (χ3n) is 9.39. The van der Waals surface area contributed by atoms with Gasteiger partial charge in [-0.05, 0) is 83.9 Å². The van der Waals surface area contributed by atoms with Crippen molar-refractivity contribution in [3.05, 3.63) is 164 Å². The molecule has 0 saturated carbocycles. The number of hydrogen-bond acceptors (Lipinski definition) is 0. The molecule has 7 aromatic carbocycles. The van der Waals surface area contributed by atoms with Crippen molar-refractivity contribution < 1.29 is 0 Å². The van der Waals surface area contributed by atoms with Gasteiger partial charge >= 0.3 is 0 Å². The van der Waals surface area contributed by atoms with Gasteiger partial charge in [0.05, 0.1) is 33.1 Å². The number of aromatic nitrogens is 3. The minimum absolute atomic E-state index is 1.16. The lowest BCUT2D eigenvalue weighted by Gasteiger charge is -2.14. The Hall–Kier alpha value is -6.06. The summed E-state index contributed by atoms with van der Waals surface area (Å²) in [5, 5.41) is 5.17. The molecule has 3 nitrogen and oxygen atoms in total. The average Bonchev–Trinajstić information content (AvgIpc) is 3.75. The Morgan fingerprint density at radius 2 is 0.622 bits per heavy atom. The highest BCUT2D eigenvalue weighted by atomic mass is 15.0. The average molecular weight is 574 g/mol. The quantitative estimate of drug-likeness (QED) is 0.199. The van der Waals surface area contributed by atoms with Gasteiger partial charge in [0.1, 0.15) is 0 Å². The first-order valence-electron chi connectivity index (χ1n) is 15.5. The van der Waals surface area contributed by atoms with E-state index in [1.54, 1.807) is 0 Å². The van der Waals surface area contributed by atoms with Crippen LogP contribution in [0, 0.1) is 0 Å². The van der Waals surface area contributed by atoms with Gasteiger partial charge in [-0.1, -0.05) is 91.0 Å². The lowest BCUT2D eigenvalue weighted by Crippen LogP contribution is -1.98. The standard InChI is InChI=1S/C42H27N3/c1-2-14-30(15-3-1)43-37-22-10-24-39-41(37)42-38(43)23-11-25-40(42)45(39)32-17-9-13-29(27-32)28-12-8-16-31(26-28)44-35-20-6-4-18-33(35)34-19-5-7-21-36(34)44/h1-27H. The van der Waals surface area contributed by atoms with Crippen LogP contribution < -0.4 is 0 Å². The smallest absolute Gasteiger partial charge is 0.0563 e. The lowest BCUT2D eigenvalue weighted by molar-refractivity contribution is 1.16. The van der Waals surface area contributed by atoms with Crippen LogP contribution in [0.25, 0.3) is 82.8 Å². The highest BCUT2D eigenvalue weighted by Gasteiger charge is 2.22. The molecule has 3 aromatic heterocycles. The Bertz CT molecular complexity index is 2580. The van der Waals surface area contributed by atoms with Crippen molar-refractivity contribution in [2.45, 2.75) is 0 Å². The highest BCUT2D eigenvalue weighted by molar-refractivity contribution is 6.25. The van der Waals surface area contributed by atoms with Crippen LogP contribution in [0.3, 0.4) is 0 Å². The second kappa shape index (κ2) is 9.22. The fraction of sp³-hybridized carbons (Fsp3) is 0. The van der Waals surface area contributed by atoms with Gasteiger partial charge in [-0.3, -0.25) is 0 Å². The molecule has 210 valence electrons. The maximum absolute atomic E-state index is 2.43. The van der Waals surface area contributed by atoms with Gasteiger partial charge in [0.25, 0.3) is 0 Å². The van der Waals surface area contributed by atoms with Gasteiger partial charge in [-0.25, -0.2) is 0 Å². The zero-order valence-electron chi connectivity index (χ0n) is 24.4. The van der Waals surface area contributed by atoms with Crippen molar-refractivity contribution in [1.82, 2.24) is 13.7 Å². The van der Waals surface area contributed by atoms with Crippen molar-refractivity contribution in [2.75, 3.05) is 0 Å². The van der Waals surface area contributed by atoms with E-state index in [4.69, 9.17) is 0 Å². The Labute approximate surface area is 259 Å². The highest BCUT2D eigenvalue weighted by Crippen LogP contribution is 2.42. The van der Waals surface area contributed by atoms with Crippen LogP contribution in [0.2, 0.25) is 0 Å². The lowest BCUT2D eigenvalue weighted by atomic mass is 10.0. The van der Waals surface area contributed by atoms with Gasteiger partial charge in [-0.15, -0.1) is 0 Å². The molecule has 0 aliphatic rings. The molecule has 0 bridgehead atoms. The Morgan fingerprint density at radius 3 is 1.13 bits per heavy atom. The topological polar surface area (TPSA) is 14.8 Å². The molecule has 0 N–H and O–H groups in total. The number of fused-ring (bicyclic) bond motifs is 3. The van der Waals surface area contributed by atoms with E-state index in [-0.39, 0.29) is 0 Å². The molecule has 10 rings (SSSR count). The number of para-hydroxylation sites is 3. The Kier molecular flexibility index (Phi) is 5.00. The zero-order chi connectivity index (χ0) is 29.5. The van der Waals surface area contributed by atoms with Crippen LogP contribution in [-0.4, -0.2) is 13.7 Å². The monoisotopic (exact) mass is 573 g/mol. The van der Waals surface area contributed by atoms with Crippen LogP contribution >= 0.6 is 0 Å². The summed E-state index contributed by atoms with van der Waals surface area (Å²) in [6.45, 7) is 0. The first-order valence-corrected chi connectivity index (χ1v) is 15.5. The van der Waals surface area contributed by atoms with E-state index < -0.39 is 0 Å². The minimum Gasteiger partial charge on any atom is -0.309 e. The number of benzene rings is 7. The third-order valence-corrected chi connectivity index (χ3v) is 9.39. The fourth-order valence-corrected chi connectivity index (χ4v) is 7.56. The summed E-state index contributed by atoms with van der Waals surface area (Å²) in [4.78, 5) is 0. The molecule has 45 heavy (non-hydrogen) atoms. The first-order chi connectivity index (χ1) is 22.3. The summed E-state index contributed by atoms with van der Waals surface area (Å²) < 4.78 is 7.21. The molecular weight excluding hydrogens is 546 g/mol. The molecular formula is C42H27N3. The summed E-state index contributed by atoms with van der Waals surface area (Å²) in [7, 11) is 0.